The van der Waals surface area contributed by atoms with Gasteiger partial charge >= 0.3 is 0 Å². The molecule has 0 amide bonds. The molecule has 2 aromatic rings. The van der Waals surface area contributed by atoms with Crippen molar-refractivity contribution < 1.29 is 9.15 Å². The fourth-order valence-electron chi connectivity index (χ4n) is 1.73. The number of hydrogen-bond donors (Lipinski definition) is 1. The number of para-hydroxylation sites is 1. The summed E-state index contributed by atoms with van der Waals surface area (Å²) in [4.78, 5) is 0. The van der Waals surface area contributed by atoms with E-state index in [1.54, 1.807) is 7.11 Å². The summed E-state index contributed by atoms with van der Waals surface area (Å²) in [5.74, 6) is 2.05. The summed E-state index contributed by atoms with van der Waals surface area (Å²) in [5, 5.41) is 11.3. The van der Waals surface area contributed by atoms with Gasteiger partial charge in [0.25, 0.3) is 0 Å². The van der Waals surface area contributed by atoms with Gasteiger partial charge in [0.1, 0.15) is 5.75 Å². The molecule has 2 rings (SSSR count). The maximum Gasteiger partial charge on any atom is 0.230 e. The third-order valence-electron chi connectivity index (χ3n) is 2.70. The Labute approximate surface area is 113 Å². The van der Waals surface area contributed by atoms with Crippen LogP contribution in [0.25, 0.3) is 0 Å². The lowest BCUT2D eigenvalue weighted by molar-refractivity contribution is 0.403. The molecule has 0 saturated heterocycles. The topological polar surface area (TPSA) is 60.2 Å². The normalized spacial score (nSPS) is 10.9. The zero-order valence-corrected chi connectivity index (χ0v) is 11.5. The Balaban J connectivity index is 2.03. The van der Waals surface area contributed by atoms with Gasteiger partial charge in [0.15, 0.2) is 0 Å². The second kappa shape index (κ2) is 6.33. The summed E-state index contributed by atoms with van der Waals surface area (Å²) in [5.41, 5.74) is 1.04. The van der Waals surface area contributed by atoms with E-state index in [9.17, 15) is 0 Å². The lowest BCUT2D eigenvalue weighted by atomic mass is 10.1. The van der Waals surface area contributed by atoms with Gasteiger partial charge < -0.3 is 14.5 Å². The number of aromatic nitrogens is 2. The van der Waals surface area contributed by atoms with E-state index in [4.69, 9.17) is 9.15 Å². The number of rotatable bonds is 6. The van der Waals surface area contributed by atoms with Crippen LogP contribution in [0.3, 0.4) is 0 Å². The second-order valence-electron chi connectivity index (χ2n) is 4.61. The van der Waals surface area contributed by atoms with Crippen LogP contribution in [0.2, 0.25) is 0 Å². The van der Waals surface area contributed by atoms with Crippen LogP contribution >= 0.6 is 0 Å². The highest BCUT2D eigenvalue weighted by Gasteiger charge is 2.10. The van der Waals surface area contributed by atoms with E-state index < -0.39 is 0 Å². The van der Waals surface area contributed by atoms with Crippen molar-refractivity contribution in [3.63, 3.8) is 0 Å². The highest BCUT2D eigenvalue weighted by Crippen LogP contribution is 2.20. The van der Waals surface area contributed by atoms with E-state index in [1.807, 2.05) is 24.3 Å². The molecule has 0 fully saturated rings. The Morgan fingerprint density at radius 2 is 1.95 bits per heavy atom. The molecule has 0 bridgehead atoms. The zero-order valence-electron chi connectivity index (χ0n) is 11.5. The molecule has 0 aliphatic rings. The molecule has 5 heteroatoms. The smallest absolute Gasteiger partial charge is 0.230 e. The Bertz CT molecular complexity index is 523. The van der Waals surface area contributed by atoms with Crippen LogP contribution in [0.15, 0.2) is 28.7 Å². The predicted octanol–water partition coefficient (Wildman–Crippen LogP) is 2.17. The van der Waals surface area contributed by atoms with E-state index in [0.29, 0.717) is 30.8 Å². The molecule has 19 heavy (non-hydrogen) atoms. The molecule has 1 N–H and O–H groups in total. The molecule has 1 aromatic carbocycles. The second-order valence-corrected chi connectivity index (χ2v) is 4.61. The van der Waals surface area contributed by atoms with Crippen molar-refractivity contribution in [1.82, 2.24) is 15.5 Å². The average Bonchev–Trinajstić information content (AvgIpc) is 2.85. The van der Waals surface area contributed by atoms with Crippen molar-refractivity contribution in [1.29, 1.82) is 0 Å². The number of methoxy groups -OCH3 is 1. The third-order valence-corrected chi connectivity index (χ3v) is 2.70. The molecule has 0 radical (unpaired) electrons. The SMILES string of the molecule is COc1ccccc1Cc1nnc(CNC(C)C)o1. The van der Waals surface area contributed by atoms with E-state index in [2.05, 4.69) is 29.4 Å². The molecule has 5 nitrogen and oxygen atoms in total. The lowest BCUT2D eigenvalue weighted by Gasteiger charge is -2.05. The van der Waals surface area contributed by atoms with Crippen LogP contribution in [-0.2, 0) is 13.0 Å². The quantitative estimate of drug-likeness (QED) is 0.863. The monoisotopic (exact) mass is 261 g/mol. The lowest BCUT2D eigenvalue weighted by Crippen LogP contribution is -2.21. The first-order valence-corrected chi connectivity index (χ1v) is 6.35. The van der Waals surface area contributed by atoms with Gasteiger partial charge in [-0.25, -0.2) is 0 Å². The highest BCUT2D eigenvalue weighted by atomic mass is 16.5. The van der Waals surface area contributed by atoms with Crippen molar-refractivity contribution in [2.75, 3.05) is 7.11 Å². The van der Waals surface area contributed by atoms with E-state index in [1.165, 1.54) is 0 Å². The Hall–Kier alpha value is -1.88. The van der Waals surface area contributed by atoms with Gasteiger partial charge in [-0.15, -0.1) is 10.2 Å². The van der Waals surface area contributed by atoms with Crippen LogP contribution in [0.4, 0.5) is 0 Å². The van der Waals surface area contributed by atoms with Gasteiger partial charge in [0.2, 0.25) is 11.8 Å². The largest absolute Gasteiger partial charge is 0.496 e. The van der Waals surface area contributed by atoms with Crippen molar-refractivity contribution in [2.45, 2.75) is 32.9 Å². The third kappa shape index (κ3) is 3.79. The average molecular weight is 261 g/mol. The predicted molar refractivity (Wildman–Crippen MR) is 72.1 cm³/mol. The number of nitrogens with zero attached hydrogens (tertiary/aromatic N) is 2. The molecule has 0 atom stereocenters. The summed E-state index contributed by atoms with van der Waals surface area (Å²) in [7, 11) is 1.66. The molecular weight excluding hydrogens is 242 g/mol. The zero-order chi connectivity index (χ0) is 13.7. The Morgan fingerprint density at radius 3 is 2.68 bits per heavy atom. The summed E-state index contributed by atoms with van der Waals surface area (Å²) in [6.07, 6.45) is 0.582. The number of benzene rings is 1. The van der Waals surface area contributed by atoms with Crippen molar-refractivity contribution >= 4 is 0 Å². The number of hydrogen-bond acceptors (Lipinski definition) is 5. The van der Waals surface area contributed by atoms with Crippen LogP contribution in [0.5, 0.6) is 5.75 Å². The fraction of sp³-hybridized carbons (Fsp3) is 0.429. The standard InChI is InChI=1S/C14H19N3O2/c1-10(2)15-9-14-17-16-13(19-14)8-11-6-4-5-7-12(11)18-3/h4-7,10,15H,8-9H2,1-3H3. The van der Waals surface area contributed by atoms with Crippen LogP contribution < -0.4 is 10.1 Å². The first-order valence-electron chi connectivity index (χ1n) is 6.35. The van der Waals surface area contributed by atoms with Crippen LogP contribution in [0, 0.1) is 0 Å². The van der Waals surface area contributed by atoms with Gasteiger partial charge in [0.05, 0.1) is 20.1 Å². The molecule has 1 heterocycles. The van der Waals surface area contributed by atoms with Crippen molar-refractivity contribution in [3.05, 3.63) is 41.6 Å². The first kappa shape index (κ1) is 13.5. The van der Waals surface area contributed by atoms with E-state index in [0.717, 1.165) is 11.3 Å². The van der Waals surface area contributed by atoms with Gasteiger partial charge in [-0.2, -0.15) is 0 Å². The minimum absolute atomic E-state index is 0.393. The molecule has 0 aliphatic carbocycles. The number of nitrogens with one attached hydrogen (secondary N) is 1. The molecule has 0 aliphatic heterocycles. The molecule has 102 valence electrons. The first-order chi connectivity index (χ1) is 9.19. The minimum Gasteiger partial charge on any atom is -0.496 e. The van der Waals surface area contributed by atoms with E-state index >= 15 is 0 Å². The summed E-state index contributed by atoms with van der Waals surface area (Å²) in [6.45, 7) is 4.74. The maximum atomic E-state index is 5.60. The number of ether oxygens (including phenoxy) is 1. The molecule has 0 saturated carbocycles. The van der Waals surface area contributed by atoms with Gasteiger partial charge in [0, 0.05) is 11.6 Å². The molecule has 0 spiro atoms. The van der Waals surface area contributed by atoms with E-state index in [-0.39, 0.29) is 0 Å². The Kier molecular flexibility index (Phi) is 4.52. The summed E-state index contributed by atoms with van der Waals surface area (Å²) < 4.78 is 10.9. The van der Waals surface area contributed by atoms with Crippen molar-refractivity contribution in [3.8, 4) is 5.75 Å². The van der Waals surface area contributed by atoms with Gasteiger partial charge in [-0.05, 0) is 6.07 Å². The summed E-state index contributed by atoms with van der Waals surface area (Å²) in [6, 6.07) is 8.22. The van der Waals surface area contributed by atoms with Crippen LogP contribution in [-0.4, -0.2) is 23.3 Å². The molecule has 0 unspecified atom stereocenters. The van der Waals surface area contributed by atoms with Crippen molar-refractivity contribution in [2.24, 2.45) is 0 Å². The summed E-state index contributed by atoms with van der Waals surface area (Å²) >= 11 is 0. The van der Waals surface area contributed by atoms with Crippen LogP contribution in [0.1, 0.15) is 31.2 Å². The minimum atomic E-state index is 0.393. The molecular formula is C14H19N3O2. The molecule has 1 aromatic heterocycles. The fourth-order valence-corrected chi connectivity index (χ4v) is 1.73. The van der Waals surface area contributed by atoms with Gasteiger partial charge in [-0.3, -0.25) is 0 Å². The maximum absolute atomic E-state index is 5.60. The van der Waals surface area contributed by atoms with Gasteiger partial charge in [-0.1, -0.05) is 32.0 Å². The highest BCUT2D eigenvalue weighted by molar-refractivity contribution is 5.34. The Morgan fingerprint density at radius 1 is 1.21 bits per heavy atom.